The first kappa shape index (κ1) is 17.5. The third-order valence-corrected chi connectivity index (χ3v) is 7.50. The molecule has 0 saturated carbocycles. The molecule has 0 aliphatic carbocycles. The fourth-order valence-electron chi connectivity index (χ4n) is 3.14. The molecule has 1 N–H and O–H groups in total. The number of amides is 1. The molecule has 2 heterocycles. The highest BCUT2D eigenvalue weighted by molar-refractivity contribution is 8.19. The van der Waals surface area contributed by atoms with Crippen LogP contribution < -0.4 is 5.32 Å². The van der Waals surface area contributed by atoms with Gasteiger partial charge in [-0.1, -0.05) is 31.2 Å². The van der Waals surface area contributed by atoms with Gasteiger partial charge in [0.05, 0.1) is 15.6 Å². The van der Waals surface area contributed by atoms with Gasteiger partial charge < -0.3 is 4.57 Å². The van der Waals surface area contributed by atoms with Crippen LogP contribution in [0, 0.1) is 0 Å². The van der Waals surface area contributed by atoms with E-state index in [0.717, 1.165) is 24.0 Å². The number of hydrogen-bond acceptors (Lipinski definition) is 4. The van der Waals surface area contributed by atoms with Gasteiger partial charge in [-0.25, -0.2) is 4.98 Å². The van der Waals surface area contributed by atoms with Crippen molar-refractivity contribution in [2.45, 2.75) is 24.5 Å². The van der Waals surface area contributed by atoms with Crippen LogP contribution in [0.3, 0.4) is 0 Å². The maximum atomic E-state index is 12.7. The summed E-state index contributed by atoms with van der Waals surface area (Å²) in [5.41, 5.74) is 3.90. The molecule has 6 heteroatoms. The van der Waals surface area contributed by atoms with Crippen molar-refractivity contribution < 1.29 is 4.79 Å². The fourth-order valence-corrected chi connectivity index (χ4v) is 6.00. The van der Waals surface area contributed by atoms with Crippen LogP contribution in [0.2, 0.25) is 0 Å². The third kappa shape index (κ3) is 3.48. The number of aromatic nitrogens is 2. The molecule has 26 heavy (non-hydrogen) atoms. The molecule has 0 spiro atoms. The highest BCUT2D eigenvalue weighted by atomic mass is 32.2. The number of anilines is 1. The molecule has 1 aliphatic rings. The van der Waals surface area contributed by atoms with Gasteiger partial charge >= 0.3 is 0 Å². The summed E-state index contributed by atoms with van der Waals surface area (Å²) >= 11 is 3.94. The predicted molar refractivity (Wildman–Crippen MR) is 112 cm³/mol. The summed E-state index contributed by atoms with van der Waals surface area (Å²) in [6, 6.07) is 15.9. The summed E-state index contributed by atoms with van der Waals surface area (Å²) in [5.74, 6) is 2.90. The first-order chi connectivity index (χ1) is 12.8. The van der Waals surface area contributed by atoms with Crippen molar-refractivity contribution in [2.75, 3.05) is 16.8 Å². The van der Waals surface area contributed by atoms with Gasteiger partial charge in [0.1, 0.15) is 0 Å². The van der Waals surface area contributed by atoms with Crippen molar-refractivity contribution in [1.29, 1.82) is 0 Å². The van der Waals surface area contributed by atoms with Crippen LogP contribution in [0.5, 0.6) is 0 Å². The molecule has 1 fully saturated rings. The van der Waals surface area contributed by atoms with Gasteiger partial charge in [0.15, 0.2) is 0 Å². The van der Waals surface area contributed by atoms with Crippen LogP contribution in [0.25, 0.3) is 11.0 Å². The molecule has 1 aromatic heterocycles. The molecule has 1 aliphatic heterocycles. The van der Waals surface area contributed by atoms with E-state index < -0.39 is 0 Å². The first-order valence-corrected chi connectivity index (χ1v) is 11.0. The highest BCUT2D eigenvalue weighted by Crippen LogP contribution is 2.45. The van der Waals surface area contributed by atoms with Gasteiger partial charge in [0, 0.05) is 23.6 Å². The number of carbonyl (C=O) groups is 1. The Bertz CT molecular complexity index is 914. The Morgan fingerprint density at radius 3 is 2.62 bits per heavy atom. The van der Waals surface area contributed by atoms with Crippen molar-refractivity contribution in [1.82, 2.24) is 9.55 Å². The fraction of sp³-hybridized carbons (Fsp3) is 0.300. The van der Waals surface area contributed by atoms with Crippen LogP contribution in [0.4, 0.5) is 5.95 Å². The Morgan fingerprint density at radius 2 is 1.88 bits per heavy atom. The molecule has 1 saturated heterocycles. The van der Waals surface area contributed by atoms with E-state index in [4.69, 9.17) is 0 Å². The Labute approximate surface area is 161 Å². The van der Waals surface area contributed by atoms with Crippen molar-refractivity contribution in [3.63, 3.8) is 0 Å². The Morgan fingerprint density at radius 1 is 1.15 bits per heavy atom. The molecule has 134 valence electrons. The molecular formula is C20H21N3OS2. The molecule has 0 unspecified atom stereocenters. The van der Waals surface area contributed by atoms with E-state index in [1.165, 1.54) is 17.1 Å². The van der Waals surface area contributed by atoms with Crippen molar-refractivity contribution in [3.8, 4) is 0 Å². The van der Waals surface area contributed by atoms with Crippen molar-refractivity contribution in [2.24, 2.45) is 0 Å². The summed E-state index contributed by atoms with van der Waals surface area (Å²) in [4.78, 5) is 17.3. The predicted octanol–water partition coefficient (Wildman–Crippen LogP) is 5.18. The maximum Gasteiger partial charge on any atom is 0.257 e. The zero-order valence-electron chi connectivity index (χ0n) is 14.6. The average Bonchev–Trinajstić information content (AvgIpc) is 3.31. The second kappa shape index (κ2) is 7.76. The second-order valence-electron chi connectivity index (χ2n) is 6.23. The smallest absolute Gasteiger partial charge is 0.257 e. The van der Waals surface area contributed by atoms with Gasteiger partial charge in [-0.15, -0.1) is 23.5 Å². The van der Waals surface area contributed by atoms with E-state index in [0.29, 0.717) is 16.1 Å². The number of hydrogen-bond donors (Lipinski definition) is 1. The lowest BCUT2D eigenvalue weighted by molar-refractivity contribution is 0.102. The van der Waals surface area contributed by atoms with Gasteiger partial charge in [-0.2, -0.15) is 0 Å². The van der Waals surface area contributed by atoms with E-state index in [-0.39, 0.29) is 5.91 Å². The Hall–Kier alpha value is -1.92. The van der Waals surface area contributed by atoms with Crippen LogP contribution in [0.15, 0.2) is 48.5 Å². The van der Waals surface area contributed by atoms with E-state index in [1.807, 2.05) is 59.9 Å². The number of carbonyl (C=O) groups excluding carboxylic acids is 1. The van der Waals surface area contributed by atoms with Crippen molar-refractivity contribution in [3.05, 3.63) is 59.7 Å². The zero-order chi connectivity index (χ0) is 17.9. The summed E-state index contributed by atoms with van der Waals surface area (Å²) < 4.78 is 2.58. The lowest BCUT2D eigenvalue weighted by atomic mass is 10.1. The Kier molecular flexibility index (Phi) is 5.22. The maximum absolute atomic E-state index is 12.7. The number of nitrogens with zero attached hydrogens (tertiary/aromatic N) is 2. The van der Waals surface area contributed by atoms with Crippen LogP contribution in [-0.2, 0) is 6.54 Å². The molecule has 0 radical (unpaired) electrons. The lowest BCUT2D eigenvalue weighted by Gasteiger charge is -2.11. The van der Waals surface area contributed by atoms with Gasteiger partial charge in [0.2, 0.25) is 5.95 Å². The molecule has 2 aromatic carbocycles. The summed E-state index contributed by atoms with van der Waals surface area (Å²) in [7, 11) is 0. The number of thioether (sulfide) groups is 2. The highest BCUT2D eigenvalue weighted by Gasteiger charge is 2.19. The molecule has 4 rings (SSSR count). The van der Waals surface area contributed by atoms with Gasteiger partial charge in [0.25, 0.3) is 5.91 Å². The van der Waals surface area contributed by atoms with E-state index >= 15 is 0 Å². The molecule has 0 atom stereocenters. The number of aryl methyl sites for hydroxylation is 1. The van der Waals surface area contributed by atoms with Crippen LogP contribution >= 0.6 is 23.5 Å². The number of benzene rings is 2. The van der Waals surface area contributed by atoms with Gasteiger partial charge in [-0.05, 0) is 36.2 Å². The van der Waals surface area contributed by atoms with Crippen LogP contribution in [-0.4, -0.2) is 27.0 Å². The SMILES string of the molecule is CCCn1c(NC(=O)c2ccc(C3SCCS3)cc2)nc2ccccc21. The summed E-state index contributed by atoms with van der Waals surface area (Å²) in [6.07, 6.45) is 0.981. The van der Waals surface area contributed by atoms with E-state index in [9.17, 15) is 4.79 Å². The quantitative estimate of drug-likeness (QED) is 0.660. The number of nitrogens with one attached hydrogen (secondary N) is 1. The minimum Gasteiger partial charge on any atom is -0.310 e. The summed E-state index contributed by atoms with van der Waals surface area (Å²) in [6.45, 7) is 2.95. The average molecular weight is 384 g/mol. The second-order valence-corrected chi connectivity index (χ2v) is 8.95. The molecule has 4 nitrogen and oxygen atoms in total. The molecule has 0 bridgehead atoms. The number of fused-ring (bicyclic) bond motifs is 1. The van der Waals surface area contributed by atoms with E-state index in [2.05, 4.69) is 33.9 Å². The number of para-hydroxylation sites is 2. The number of imidazole rings is 1. The van der Waals surface area contributed by atoms with Crippen LogP contribution in [0.1, 0.15) is 33.8 Å². The minimum atomic E-state index is -0.115. The monoisotopic (exact) mass is 383 g/mol. The lowest BCUT2D eigenvalue weighted by Crippen LogP contribution is -2.16. The minimum absolute atomic E-state index is 0.115. The first-order valence-electron chi connectivity index (χ1n) is 8.86. The zero-order valence-corrected chi connectivity index (χ0v) is 16.3. The third-order valence-electron chi connectivity index (χ3n) is 4.39. The van der Waals surface area contributed by atoms with E-state index in [1.54, 1.807) is 0 Å². The standard InChI is InChI=1S/C20H21N3OS2/c1-2-11-23-17-6-4-3-5-16(17)21-20(23)22-18(24)14-7-9-15(10-8-14)19-25-12-13-26-19/h3-10,19H,2,11-13H2,1H3,(H,21,22,24). The molecule has 1 amide bonds. The number of rotatable bonds is 5. The Balaban J connectivity index is 1.56. The normalized spacial score (nSPS) is 14.8. The topological polar surface area (TPSA) is 46.9 Å². The molecule has 3 aromatic rings. The largest absolute Gasteiger partial charge is 0.310 e. The molecular weight excluding hydrogens is 362 g/mol. The van der Waals surface area contributed by atoms with Gasteiger partial charge in [-0.3, -0.25) is 10.1 Å². The van der Waals surface area contributed by atoms with Crippen molar-refractivity contribution >= 4 is 46.4 Å². The summed E-state index contributed by atoms with van der Waals surface area (Å²) in [5, 5.41) is 2.99.